The fourth-order valence-corrected chi connectivity index (χ4v) is 2.06. The van der Waals surface area contributed by atoms with E-state index in [9.17, 15) is 4.79 Å². The summed E-state index contributed by atoms with van der Waals surface area (Å²) in [4.78, 5) is 22.8. The van der Waals surface area contributed by atoms with Gasteiger partial charge in [0.05, 0.1) is 17.4 Å². The second kappa shape index (κ2) is 4.98. The zero-order chi connectivity index (χ0) is 14.0. The Balaban J connectivity index is 2.33. The monoisotopic (exact) mass is 278 g/mol. The largest absolute Gasteiger partial charge is 0.478 e. The maximum absolute atomic E-state index is 10.9. The molecule has 0 radical (unpaired) electrons. The lowest BCUT2D eigenvalue weighted by Gasteiger charge is -2.04. The molecule has 98 valence electrons. The average molecular weight is 278 g/mol. The second-order valence-corrected chi connectivity index (χ2v) is 4.50. The van der Waals surface area contributed by atoms with Crippen LogP contribution in [0, 0.1) is 0 Å². The number of carbonyl (C=O) groups is 1. The van der Waals surface area contributed by atoms with Crippen LogP contribution in [-0.4, -0.2) is 26.0 Å². The van der Waals surface area contributed by atoms with Gasteiger partial charge < -0.3 is 22.3 Å². The number of hydrogen-bond donors (Lipinski definition) is 4. The van der Waals surface area contributed by atoms with E-state index >= 15 is 0 Å². The number of nitrogens with two attached hydrogens (primary N) is 3. The molecular formula is C10H10N6O2S. The van der Waals surface area contributed by atoms with Crippen LogP contribution in [0.2, 0.25) is 0 Å². The molecule has 0 aliphatic rings. The van der Waals surface area contributed by atoms with E-state index in [1.807, 2.05) is 0 Å². The summed E-state index contributed by atoms with van der Waals surface area (Å²) in [5.41, 5.74) is 16.6. The summed E-state index contributed by atoms with van der Waals surface area (Å²) in [6, 6.07) is 2.76. The van der Waals surface area contributed by atoms with Crippen molar-refractivity contribution in [2.45, 2.75) is 10.2 Å². The lowest BCUT2D eigenvalue weighted by molar-refractivity contribution is 0.0697. The van der Waals surface area contributed by atoms with Crippen molar-refractivity contribution in [2.75, 3.05) is 17.2 Å². The molecule has 8 nitrogen and oxygen atoms in total. The van der Waals surface area contributed by atoms with Crippen molar-refractivity contribution >= 4 is 35.1 Å². The van der Waals surface area contributed by atoms with Gasteiger partial charge in [-0.3, -0.25) is 0 Å². The first-order chi connectivity index (χ1) is 8.95. The van der Waals surface area contributed by atoms with Crippen molar-refractivity contribution in [3.8, 4) is 0 Å². The summed E-state index contributed by atoms with van der Waals surface area (Å²) in [6.45, 7) is 0. The number of carboxylic acids is 1. The van der Waals surface area contributed by atoms with Gasteiger partial charge in [0.2, 0.25) is 0 Å². The molecule has 2 aromatic heterocycles. The van der Waals surface area contributed by atoms with Crippen LogP contribution in [0.25, 0.3) is 0 Å². The van der Waals surface area contributed by atoms with E-state index in [2.05, 4.69) is 15.0 Å². The van der Waals surface area contributed by atoms with Gasteiger partial charge in [0.25, 0.3) is 0 Å². The van der Waals surface area contributed by atoms with Gasteiger partial charge in [-0.2, -0.15) is 0 Å². The van der Waals surface area contributed by atoms with Crippen molar-refractivity contribution in [3.63, 3.8) is 0 Å². The van der Waals surface area contributed by atoms with Crippen molar-refractivity contribution in [1.82, 2.24) is 15.0 Å². The van der Waals surface area contributed by atoms with E-state index in [-0.39, 0.29) is 28.0 Å². The molecule has 0 aliphatic heterocycles. The van der Waals surface area contributed by atoms with E-state index in [1.54, 1.807) is 0 Å². The molecule has 0 saturated carbocycles. The second-order valence-electron chi connectivity index (χ2n) is 3.52. The van der Waals surface area contributed by atoms with Gasteiger partial charge in [-0.15, -0.1) is 0 Å². The van der Waals surface area contributed by atoms with Crippen LogP contribution in [0.1, 0.15) is 10.4 Å². The molecule has 2 rings (SSSR count). The number of nitrogens with zero attached hydrogens (tertiary/aromatic N) is 3. The molecule has 19 heavy (non-hydrogen) atoms. The van der Waals surface area contributed by atoms with E-state index < -0.39 is 5.97 Å². The molecule has 0 spiro atoms. The molecule has 0 atom stereocenters. The predicted molar refractivity (Wildman–Crippen MR) is 70.6 cm³/mol. The third-order valence-electron chi connectivity index (χ3n) is 2.08. The van der Waals surface area contributed by atoms with Crippen molar-refractivity contribution in [1.29, 1.82) is 0 Å². The minimum Gasteiger partial charge on any atom is -0.478 e. The highest BCUT2D eigenvalue weighted by atomic mass is 32.2. The van der Waals surface area contributed by atoms with Crippen LogP contribution >= 0.6 is 11.8 Å². The summed E-state index contributed by atoms with van der Waals surface area (Å²) < 4.78 is 0. The summed E-state index contributed by atoms with van der Waals surface area (Å²) in [5, 5.41) is 9.63. The van der Waals surface area contributed by atoms with Crippen LogP contribution < -0.4 is 17.2 Å². The molecule has 9 heteroatoms. The van der Waals surface area contributed by atoms with Gasteiger partial charge in [0.1, 0.15) is 16.7 Å². The zero-order valence-corrected chi connectivity index (χ0v) is 10.4. The first-order valence-electron chi connectivity index (χ1n) is 5.02. The number of rotatable bonds is 3. The molecule has 0 amide bonds. The molecule has 0 bridgehead atoms. The minimum atomic E-state index is -1.13. The third kappa shape index (κ3) is 3.01. The van der Waals surface area contributed by atoms with Crippen LogP contribution in [-0.2, 0) is 0 Å². The third-order valence-corrected chi connectivity index (χ3v) is 2.88. The zero-order valence-electron chi connectivity index (χ0n) is 9.57. The quantitative estimate of drug-likeness (QED) is 0.586. The van der Waals surface area contributed by atoms with Gasteiger partial charge in [-0.05, 0) is 17.8 Å². The van der Waals surface area contributed by atoms with Gasteiger partial charge in [0, 0.05) is 6.07 Å². The van der Waals surface area contributed by atoms with Crippen molar-refractivity contribution < 1.29 is 9.90 Å². The van der Waals surface area contributed by atoms with Gasteiger partial charge >= 0.3 is 5.97 Å². The van der Waals surface area contributed by atoms with Crippen molar-refractivity contribution in [3.05, 3.63) is 23.9 Å². The molecule has 0 fully saturated rings. The fourth-order valence-electron chi connectivity index (χ4n) is 1.29. The number of aromatic nitrogens is 3. The lowest BCUT2D eigenvalue weighted by Crippen LogP contribution is -2.04. The maximum Gasteiger partial charge on any atom is 0.337 e. The minimum absolute atomic E-state index is 0.0330. The fraction of sp³-hybridized carbons (Fsp3) is 0. The maximum atomic E-state index is 10.9. The van der Waals surface area contributed by atoms with E-state index in [4.69, 9.17) is 22.3 Å². The molecular weight excluding hydrogens is 268 g/mol. The Morgan fingerprint density at radius 3 is 2.37 bits per heavy atom. The summed E-state index contributed by atoms with van der Waals surface area (Å²) in [5.74, 6) is -0.678. The molecule has 2 heterocycles. The first kappa shape index (κ1) is 12.9. The van der Waals surface area contributed by atoms with E-state index in [0.29, 0.717) is 5.03 Å². The molecule has 0 unspecified atom stereocenters. The van der Waals surface area contributed by atoms with Gasteiger partial charge in [-0.25, -0.2) is 19.7 Å². The van der Waals surface area contributed by atoms with Crippen LogP contribution in [0.4, 0.5) is 17.3 Å². The summed E-state index contributed by atoms with van der Waals surface area (Å²) in [7, 11) is 0. The highest BCUT2D eigenvalue weighted by Crippen LogP contribution is 2.26. The van der Waals surface area contributed by atoms with Crippen molar-refractivity contribution in [2.24, 2.45) is 0 Å². The molecule has 2 aromatic rings. The van der Waals surface area contributed by atoms with Crippen LogP contribution in [0.15, 0.2) is 28.5 Å². The lowest BCUT2D eigenvalue weighted by atomic mass is 10.2. The summed E-state index contributed by atoms with van der Waals surface area (Å²) in [6.07, 6.45) is 1.27. The number of pyridine rings is 1. The van der Waals surface area contributed by atoms with Gasteiger partial charge in [0.15, 0.2) is 5.16 Å². The Hall–Kier alpha value is -2.55. The first-order valence-corrected chi connectivity index (χ1v) is 5.84. The smallest absolute Gasteiger partial charge is 0.337 e. The Bertz CT molecular complexity index is 628. The molecule has 0 saturated heterocycles. The average Bonchev–Trinajstić information content (AvgIpc) is 2.30. The highest BCUT2D eigenvalue weighted by Gasteiger charge is 2.11. The standard InChI is InChI=1S/C10H10N6O2S/c11-5-3-14-8(1-4(5)9(17)18)19-10-15-6(12)2-7(13)16-10/h1-3H,11H2,(H,17,18)(H4,12,13,15,16). The number of hydrogen-bond acceptors (Lipinski definition) is 8. The Kier molecular flexibility index (Phi) is 3.38. The topological polar surface area (TPSA) is 154 Å². The predicted octanol–water partition coefficient (Wildman–Crippen LogP) is 0.468. The molecule has 0 aliphatic carbocycles. The SMILES string of the molecule is Nc1cc(N)nc(Sc2cc(C(=O)O)c(N)cn2)n1. The van der Waals surface area contributed by atoms with Crippen LogP contribution in [0.3, 0.4) is 0 Å². The Labute approximate surface area is 112 Å². The Morgan fingerprint density at radius 2 is 1.79 bits per heavy atom. The van der Waals surface area contributed by atoms with E-state index in [1.165, 1.54) is 18.3 Å². The number of nitrogen functional groups attached to an aromatic ring is 3. The number of aromatic carboxylic acids is 1. The summed E-state index contributed by atoms with van der Waals surface area (Å²) >= 11 is 1.04. The molecule has 0 aromatic carbocycles. The molecule has 7 N–H and O–H groups in total. The normalized spacial score (nSPS) is 10.3. The Morgan fingerprint density at radius 1 is 1.16 bits per heavy atom. The van der Waals surface area contributed by atoms with E-state index in [0.717, 1.165) is 11.8 Å². The number of anilines is 3. The van der Waals surface area contributed by atoms with Gasteiger partial charge in [-0.1, -0.05) is 0 Å². The van der Waals surface area contributed by atoms with Crippen LogP contribution in [0.5, 0.6) is 0 Å². The highest BCUT2D eigenvalue weighted by molar-refractivity contribution is 7.99. The number of carboxylic acid groups (broad SMARTS) is 1.